The van der Waals surface area contributed by atoms with Crippen LogP contribution in [-0.2, 0) is 0 Å². The lowest BCUT2D eigenvalue weighted by atomic mass is 10.1. The van der Waals surface area contributed by atoms with Crippen LogP contribution < -0.4 is 14.2 Å². The Morgan fingerprint density at radius 2 is 1.48 bits per heavy atom. The second kappa shape index (κ2) is 5.75. The van der Waals surface area contributed by atoms with Crippen LogP contribution in [0.1, 0.15) is 0 Å². The van der Waals surface area contributed by atoms with E-state index >= 15 is 0 Å². The number of ether oxygens (including phenoxy) is 3. The van der Waals surface area contributed by atoms with Crippen molar-refractivity contribution < 1.29 is 14.2 Å². The normalized spacial score (nSPS) is 10.4. The topological polar surface area (TPSA) is 27.7 Å². The third-order valence-corrected chi connectivity index (χ3v) is 3.33. The molecule has 3 aromatic rings. The highest BCUT2D eigenvalue weighted by molar-refractivity contribution is 5.92. The van der Waals surface area contributed by atoms with Crippen molar-refractivity contribution in [3.8, 4) is 23.0 Å². The van der Waals surface area contributed by atoms with Crippen molar-refractivity contribution in [1.82, 2.24) is 0 Å². The lowest BCUT2D eigenvalue weighted by Crippen LogP contribution is -1.92. The molecular formula is C18H16O3. The van der Waals surface area contributed by atoms with Crippen LogP contribution in [0.25, 0.3) is 10.8 Å². The Hall–Kier alpha value is -2.68. The highest BCUT2D eigenvalue weighted by Gasteiger charge is 2.11. The van der Waals surface area contributed by atoms with E-state index in [1.54, 1.807) is 14.2 Å². The van der Waals surface area contributed by atoms with E-state index in [2.05, 4.69) is 0 Å². The number of hydrogen-bond donors (Lipinski definition) is 0. The summed E-state index contributed by atoms with van der Waals surface area (Å²) in [5.41, 5.74) is 0. The molecule has 0 amide bonds. The standard InChI is InChI=1S/C18H16O3/c1-19-15-10-8-13-9-11-17(20-2)18(16(13)12-15)21-14-6-4-3-5-7-14/h3-12H,1-2H3. The maximum atomic E-state index is 6.03. The largest absolute Gasteiger partial charge is 0.497 e. The molecule has 0 spiro atoms. The monoisotopic (exact) mass is 280 g/mol. The average molecular weight is 280 g/mol. The first-order valence-corrected chi connectivity index (χ1v) is 6.69. The number of rotatable bonds is 4. The Kier molecular flexibility index (Phi) is 3.65. The molecule has 0 atom stereocenters. The van der Waals surface area contributed by atoms with E-state index in [1.165, 1.54) is 0 Å². The molecule has 3 aromatic carbocycles. The minimum absolute atomic E-state index is 0.694. The van der Waals surface area contributed by atoms with E-state index in [-0.39, 0.29) is 0 Å². The van der Waals surface area contributed by atoms with Crippen molar-refractivity contribution in [2.45, 2.75) is 0 Å². The first-order valence-electron chi connectivity index (χ1n) is 6.69. The fourth-order valence-electron chi connectivity index (χ4n) is 2.25. The third kappa shape index (κ3) is 2.63. The second-order valence-corrected chi connectivity index (χ2v) is 4.60. The molecule has 106 valence electrons. The SMILES string of the molecule is COc1ccc2ccc(OC)c(Oc3ccccc3)c2c1. The van der Waals surface area contributed by atoms with E-state index in [9.17, 15) is 0 Å². The van der Waals surface area contributed by atoms with Gasteiger partial charge in [0.15, 0.2) is 11.5 Å². The molecule has 0 aromatic heterocycles. The summed E-state index contributed by atoms with van der Waals surface area (Å²) in [5, 5.41) is 2.03. The molecule has 3 nitrogen and oxygen atoms in total. The Morgan fingerprint density at radius 1 is 0.714 bits per heavy atom. The van der Waals surface area contributed by atoms with Crippen LogP contribution in [-0.4, -0.2) is 14.2 Å². The number of hydrogen-bond acceptors (Lipinski definition) is 3. The summed E-state index contributed by atoms with van der Waals surface area (Å²) in [5.74, 6) is 2.94. The molecule has 0 aliphatic heterocycles. The van der Waals surface area contributed by atoms with Gasteiger partial charge < -0.3 is 14.2 Å². The van der Waals surface area contributed by atoms with Gasteiger partial charge in [0.1, 0.15) is 11.5 Å². The molecule has 0 saturated carbocycles. The molecule has 0 unspecified atom stereocenters. The van der Waals surface area contributed by atoms with Gasteiger partial charge in [0.05, 0.1) is 14.2 Å². The van der Waals surface area contributed by atoms with Crippen LogP contribution in [0.15, 0.2) is 60.7 Å². The molecule has 0 saturated heterocycles. The molecule has 0 aliphatic rings. The molecule has 0 aliphatic carbocycles. The molecule has 3 rings (SSSR count). The highest BCUT2D eigenvalue weighted by atomic mass is 16.5. The summed E-state index contributed by atoms with van der Waals surface area (Å²) in [6.45, 7) is 0. The van der Waals surface area contributed by atoms with E-state index in [0.29, 0.717) is 11.5 Å². The maximum absolute atomic E-state index is 6.03. The van der Waals surface area contributed by atoms with Gasteiger partial charge in [-0.1, -0.05) is 30.3 Å². The zero-order chi connectivity index (χ0) is 14.7. The number of fused-ring (bicyclic) bond motifs is 1. The van der Waals surface area contributed by atoms with Crippen molar-refractivity contribution in [2.24, 2.45) is 0 Å². The van der Waals surface area contributed by atoms with E-state index in [1.807, 2.05) is 60.7 Å². The fourth-order valence-corrected chi connectivity index (χ4v) is 2.25. The van der Waals surface area contributed by atoms with E-state index < -0.39 is 0 Å². The lowest BCUT2D eigenvalue weighted by molar-refractivity contribution is 0.381. The lowest BCUT2D eigenvalue weighted by Gasteiger charge is -2.14. The molecule has 0 radical (unpaired) electrons. The molecule has 0 fully saturated rings. The number of methoxy groups -OCH3 is 2. The van der Waals surface area contributed by atoms with Crippen LogP contribution in [0.2, 0.25) is 0 Å². The van der Waals surface area contributed by atoms with E-state index in [4.69, 9.17) is 14.2 Å². The van der Waals surface area contributed by atoms with Crippen LogP contribution >= 0.6 is 0 Å². The smallest absolute Gasteiger partial charge is 0.177 e. The summed E-state index contributed by atoms with van der Waals surface area (Å²) in [6, 6.07) is 19.5. The van der Waals surface area contributed by atoms with Crippen LogP contribution in [0.4, 0.5) is 0 Å². The fraction of sp³-hybridized carbons (Fsp3) is 0.111. The predicted octanol–water partition coefficient (Wildman–Crippen LogP) is 4.65. The Labute approximate surface area is 123 Å². The third-order valence-electron chi connectivity index (χ3n) is 3.33. The molecule has 0 N–H and O–H groups in total. The Bertz CT molecular complexity index is 746. The number of benzene rings is 3. The van der Waals surface area contributed by atoms with Crippen LogP contribution in [0.3, 0.4) is 0 Å². The van der Waals surface area contributed by atoms with Crippen molar-refractivity contribution in [3.05, 3.63) is 60.7 Å². The summed E-state index contributed by atoms with van der Waals surface area (Å²) in [4.78, 5) is 0. The van der Waals surface area contributed by atoms with Gasteiger partial charge in [-0.05, 0) is 35.7 Å². The van der Waals surface area contributed by atoms with Gasteiger partial charge in [-0.15, -0.1) is 0 Å². The van der Waals surface area contributed by atoms with Crippen molar-refractivity contribution >= 4 is 10.8 Å². The van der Waals surface area contributed by atoms with Gasteiger partial charge in [0, 0.05) is 5.39 Å². The zero-order valence-corrected chi connectivity index (χ0v) is 12.0. The average Bonchev–Trinajstić information content (AvgIpc) is 2.55. The predicted molar refractivity (Wildman–Crippen MR) is 83.6 cm³/mol. The first kappa shape index (κ1) is 13.3. The first-order chi connectivity index (χ1) is 10.3. The highest BCUT2D eigenvalue weighted by Crippen LogP contribution is 2.39. The number of para-hydroxylation sites is 1. The molecule has 3 heteroatoms. The minimum Gasteiger partial charge on any atom is -0.497 e. The summed E-state index contributed by atoms with van der Waals surface area (Å²) in [7, 11) is 3.29. The van der Waals surface area contributed by atoms with Crippen LogP contribution in [0, 0.1) is 0 Å². The van der Waals surface area contributed by atoms with Crippen LogP contribution in [0.5, 0.6) is 23.0 Å². The van der Waals surface area contributed by atoms with Gasteiger partial charge in [0.2, 0.25) is 0 Å². The summed E-state index contributed by atoms with van der Waals surface area (Å²) >= 11 is 0. The Morgan fingerprint density at radius 3 is 2.19 bits per heavy atom. The van der Waals surface area contributed by atoms with Gasteiger partial charge in [-0.25, -0.2) is 0 Å². The van der Waals surface area contributed by atoms with Gasteiger partial charge in [0.25, 0.3) is 0 Å². The second-order valence-electron chi connectivity index (χ2n) is 4.60. The quantitative estimate of drug-likeness (QED) is 0.696. The summed E-state index contributed by atoms with van der Waals surface area (Å²) in [6.07, 6.45) is 0. The maximum Gasteiger partial charge on any atom is 0.177 e. The van der Waals surface area contributed by atoms with Crippen molar-refractivity contribution in [2.75, 3.05) is 14.2 Å². The van der Waals surface area contributed by atoms with Gasteiger partial charge in [-0.3, -0.25) is 0 Å². The molecule has 0 heterocycles. The zero-order valence-electron chi connectivity index (χ0n) is 12.0. The summed E-state index contributed by atoms with van der Waals surface area (Å²) < 4.78 is 16.8. The van der Waals surface area contributed by atoms with Crippen molar-refractivity contribution in [1.29, 1.82) is 0 Å². The molecular weight excluding hydrogens is 264 g/mol. The van der Waals surface area contributed by atoms with Crippen molar-refractivity contribution in [3.63, 3.8) is 0 Å². The molecule has 21 heavy (non-hydrogen) atoms. The Balaban J connectivity index is 2.17. The minimum atomic E-state index is 0.694. The molecule has 0 bridgehead atoms. The van der Waals surface area contributed by atoms with Gasteiger partial charge >= 0.3 is 0 Å². The van der Waals surface area contributed by atoms with E-state index in [0.717, 1.165) is 22.3 Å². The van der Waals surface area contributed by atoms with Gasteiger partial charge in [-0.2, -0.15) is 0 Å².